The zero-order valence-electron chi connectivity index (χ0n) is 18.8. The topological polar surface area (TPSA) is 0 Å². The molecule has 28 heavy (non-hydrogen) atoms. The zero-order valence-corrected chi connectivity index (χ0v) is 22.6. The van der Waals surface area contributed by atoms with Gasteiger partial charge in [0.05, 0.1) is 20.6 Å². The maximum Gasteiger partial charge on any atom is 0.104 e. The predicted molar refractivity (Wildman–Crippen MR) is 130 cm³/mol. The summed E-state index contributed by atoms with van der Waals surface area (Å²) in [5.41, 5.74) is 1.46. The molecule has 0 aliphatic carbocycles. The Morgan fingerprint density at radius 2 is 1.04 bits per heavy atom. The van der Waals surface area contributed by atoms with Crippen LogP contribution in [0.15, 0.2) is 24.3 Å². The second-order valence-electron chi connectivity index (χ2n) is 9.04. The second kappa shape index (κ2) is 18.2. The summed E-state index contributed by atoms with van der Waals surface area (Å²) in [6.07, 6.45) is 20.2. The lowest BCUT2D eigenvalue weighted by atomic mass is 10.0. The molecule has 0 N–H and O–H groups in total. The molecule has 1 rings (SSSR count). The van der Waals surface area contributed by atoms with Crippen molar-refractivity contribution in [2.45, 2.75) is 103 Å². The van der Waals surface area contributed by atoms with Crippen molar-refractivity contribution < 1.29 is 21.5 Å². The van der Waals surface area contributed by atoms with Crippen molar-refractivity contribution in [2.24, 2.45) is 0 Å². The third-order valence-electron chi connectivity index (χ3n) is 5.64. The Balaban J connectivity index is 0.00000729. The first kappa shape index (κ1) is 28.4. The molecule has 0 saturated carbocycles. The monoisotopic (exact) mass is 565 g/mol. The van der Waals surface area contributed by atoms with Crippen LogP contribution >= 0.6 is 22.6 Å². The Morgan fingerprint density at radius 1 is 0.643 bits per heavy atom. The van der Waals surface area contributed by atoms with E-state index in [-0.39, 0.29) is 17.0 Å². The van der Waals surface area contributed by atoms with E-state index in [1.807, 2.05) is 0 Å². The largest absolute Gasteiger partial charge is 1.00 e. The first-order chi connectivity index (χ1) is 13.0. The Bertz CT molecular complexity index is 458. The molecule has 0 fully saturated rings. The maximum absolute atomic E-state index is 2.38. The van der Waals surface area contributed by atoms with Crippen molar-refractivity contribution in [1.82, 2.24) is 0 Å². The molecule has 0 aliphatic heterocycles. The third-order valence-corrected chi connectivity index (χ3v) is 6.36. The van der Waals surface area contributed by atoms with Gasteiger partial charge in [0.2, 0.25) is 0 Å². The van der Waals surface area contributed by atoms with Crippen LogP contribution in [0.2, 0.25) is 0 Å². The lowest BCUT2D eigenvalue weighted by molar-refractivity contribution is -0.903. The lowest BCUT2D eigenvalue weighted by Crippen LogP contribution is -3.00. The molecule has 1 aromatic rings. The van der Waals surface area contributed by atoms with E-state index in [9.17, 15) is 0 Å². The molecule has 3 heteroatoms. The number of nitrogens with zero attached hydrogens (tertiary/aromatic N) is 1. The van der Waals surface area contributed by atoms with Gasteiger partial charge in [0.25, 0.3) is 0 Å². The first-order valence-electron chi connectivity index (χ1n) is 11.6. The van der Waals surface area contributed by atoms with Crippen LogP contribution in [0.1, 0.15) is 102 Å². The Morgan fingerprint density at radius 3 is 1.46 bits per heavy atom. The molecule has 164 valence electrons. The van der Waals surface area contributed by atoms with Crippen molar-refractivity contribution >= 4 is 22.6 Å². The molecule has 0 saturated heterocycles. The number of quaternary nitrogens is 1. The first-order valence-corrected chi connectivity index (χ1v) is 12.7. The van der Waals surface area contributed by atoms with Crippen molar-refractivity contribution in [3.63, 3.8) is 0 Å². The highest BCUT2D eigenvalue weighted by molar-refractivity contribution is 14.1. The summed E-state index contributed by atoms with van der Waals surface area (Å²) >= 11 is 2.38. The van der Waals surface area contributed by atoms with Gasteiger partial charge < -0.3 is 21.5 Å². The summed E-state index contributed by atoms with van der Waals surface area (Å²) in [6.45, 7) is 4.74. The van der Waals surface area contributed by atoms with Gasteiger partial charge in [-0.2, -0.15) is 0 Å². The molecular formula is C25H45BrIN. The highest BCUT2D eigenvalue weighted by Crippen LogP contribution is 2.15. The van der Waals surface area contributed by atoms with Crippen LogP contribution in [0.5, 0.6) is 0 Å². The van der Waals surface area contributed by atoms with E-state index in [2.05, 4.69) is 67.9 Å². The summed E-state index contributed by atoms with van der Waals surface area (Å²) in [6, 6.07) is 9.02. The van der Waals surface area contributed by atoms with Gasteiger partial charge in [-0.25, -0.2) is 0 Å². The van der Waals surface area contributed by atoms with Gasteiger partial charge in [0.15, 0.2) is 0 Å². The quantitative estimate of drug-likeness (QED) is 0.136. The van der Waals surface area contributed by atoms with Crippen LogP contribution in [0.25, 0.3) is 0 Å². The van der Waals surface area contributed by atoms with Crippen LogP contribution in [-0.2, 0) is 6.54 Å². The number of rotatable bonds is 17. The SMILES string of the molecule is CCCCCCCCCCCCCCCC[N+](C)(C)Cc1ccc(I)cc1.[Br-]. The molecule has 1 nitrogen and oxygen atoms in total. The molecule has 1 aromatic carbocycles. The smallest absolute Gasteiger partial charge is 0.104 e. The summed E-state index contributed by atoms with van der Waals surface area (Å²) in [5, 5.41) is 0. The molecule has 0 atom stereocenters. The Kier molecular flexibility index (Phi) is 18.4. The fourth-order valence-electron chi connectivity index (χ4n) is 3.90. The third kappa shape index (κ3) is 16.2. The van der Waals surface area contributed by atoms with Crippen molar-refractivity contribution in [2.75, 3.05) is 20.6 Å². The lowest BCUT2D eigenvalue weighted by Gasteiger charge is -2.30. The number of unbranched alkanes of at least 4 members (excludes halogenated alkanes) is 13. The average molecular weight is 566 g/mol. The molecule has 0 amide bonds. The zero-order chi connectivity index (χ0) is 19.8. The fourth-order valence-corrected chi connectivity index (χ4v) is 4.26. The van der Waals surface area contributed by atoms with E-state index in [4.69, 9.17) is 0 Å². The van der Waals surface area contributed by atoms with E-state index < -0.39 is 0 Å². The number of benzene rings is 1. The van der Waals surface area contributed by atoms with E-state index in [1.165, 1.54) is 106 Å². The highest BCUT2D eigenvalue weighted by atomic mass is 127. The molecule has 0 heterocycles. The molecule has 0 aliphatic rings. The normalized spacial score (nSPS) is 11.4. The van der Waals surface area contributed by atoms with Gasteiger partial charge in [-0.1, -0.05) is 96.1 Å². The molecule has 0 bridgehead atoms. The Labute approximate surface area is 200 Å². The highest BCUT2D eigenvalue weighted by Gasteiger charge is 2.15. The number of hydrogen-bond donors (Lipinski definition) is 0. The van der Waals surface area contributed by atoms with Gasteiger partial charge in [0, 0.05) is 9.13 Å². The predicted octanol–water partition coefficient (Wildman–Crippen LogP) is 5.35. The minimum atomic E-state index is 0. The minimum absolute atomic E-state index is 0. The van der Waals surface area contributed by atoms with Crippen molar-refractivity contribution in [3.05, 3.63) is 33.4 Å². The summed E-state index contributed by atoms with van der Waals surface area (Å²) in [4.78, 5) is 0. The van der Waals surface area contributed by atoms with E-state index >= 15 is 0 Å². The standard InChI is InChI=1S/C25H45IN.BrH/c1-4-5-6-7-8-9-10-11-12-13-14-15-16-17-22-27(2,3)23-24-18-20-25(26)21-19-24;/h18-21H,4-17,22-23H2,1-3H3;1H/q+1;/p-1. The van der Waals surface area contributed by atoms with Crippen LogP contribution in [0, 0.1) is 3.57 Å². The van der Waals surface area contributed by atoms with Crippen molar-refractivity contribution in [1.29, 1.82) is 0 Å². The molecule has 0 unspecified atom stereocenters. The Hall–Kier alpha value is 0.390. The minimum Gasteiger partial charge on any atom is -1.00 e. The van der Waals surface area contributed by atoms with Crippen molar-refractivity contribution in [3.8, 4) is 0 Å². The molecule has 0 radical (unpaired) electrons. The fraction of sp³-hybridized carbons (Fsp3) is 0.760. The van der Waals surface area contributed by atoms with Gasteiger partial charge in [-0.15, -0.1) is 0 Å². The summed E-state index contributed by atoms with van der Waals surface area (Å²) in [7, 11) is 4.75. The maximum atomic E-state index is 2.38. The van der Waals surface area contributed by atoms with Crippen LogP contribution in [0.3, 0.4) is 0 Å². The van der Waals surface area contributed by atoms with Gasteiger partial charge in [0.1, 0.15) is 6.54 Å². The van der Waals surface area contributed by atoms with Crippen LogP contribution in [-0.4, -0.2) is 25.1 Å². The van der Waals surface area contributed by atoms with Gasteiger partial charge in [-0.3, -0.25) is 0 Å². The number of halogens is 2. The van der Waals surface area contributed by atoms with E-state index in [0.29, 0.717) is 0 Å². The van der Waals surface area contributed by atoms with Gasteiger partial charge in [-0.05, 0) is 47.6 Å². The van der Waals surface area contributed by atoms with Crippen LogP contribution < -0.4 is 17.0 Å². The molecule has 0 spiro atoms. The van der Waals surface area contributed by atoms with E-state index in [0.717, 1.165) is 11.0 Å². The molecular weight excluding hydrogens is 521 g/mol. The van der Waals surface area contributed by atoms with Crippen LogP contribution in [0.4, 0.5) is 0 Å². The summed E-state index contributed by atoms with van der Waals surface area (Å²) in [5.74, 6) is 0. The molecule has 0 aromatic heterocycles. The average Bonchev–Trinajstić information content (AvgIpc) is 2.63. The van der Waals surface area contributed by atoms with E-state index in [1.54, 1.807) is 0 Å². The summed E-state index contributed by atoms with van der Waals surface area (Å²) < 4.78 is 2.44. The second-order valence-corrected chi connectivity index (χ2v) is 10.3. The number of hydrogen-bond acceptors (Lipinski definition) is 0. The van der Waals surface area contributed by atoms with Gasteiger partial charge >= 0.3 is 0 Å².